The molecule has 1 aliphatic heterocycles. The van der Waals surface area contributed by atoms with E-state index in [0.717, 1.165) is 30.5 Å². The summed E-state index contributed by atoms with van der Waals surface area (Å²) in [5, 5.41) is 6.50. The Hall–Kier alpha value is -1.90. The van der Waals surface area contributed by atoms with Crippen LogP contribution in [0.25, 0.3) is 11.0 Å². The van der Waals surface area contributed by atoms with E-state index in [0.29, 0.717) is 17.8 Å². The maximum Gasteiger partial charge on any atom is 0.332 e. The summed E-state index contributed by atoms with van der Waals surface area (Å²) in [6.45, 7) is 2.51. The molecular weight excluding hydrogens is 381 g/mol. The number of hydrogen-bond donors (Lipinski definition) is 2. The van der Waals surface area contributed by atoms with Gasteiger partial charge in [0.1, 0.15) is 11.3 Å². The summed E-state index contributed by atoms with van der Waals surface area (Å²) in [4.78, 5) is 40.6. The van der Waals surface area contributed by atoms with E-state index in [2.05, 4.69) is 15.6 Å². The number of rotatable bonds is 3. The summed E-state index contributed by atoms with van der Waals surface area (Å²) in [7, 11) is 2.95. The van der Waals surface area contributed by atoms with E-state index in [-0.39, 0.29) is 42.1 Å². The van der Waals surface area contributed by atoms with E-state index in [1.54, 1.807) is 6.07 Å². The van der Waals surface area contributed by atoms with Crippen LogP contribution in [0.2, 0.25) is 0 Å². The van der Waals surface area contributed by atoms with Crippen LogP contribution in [0, 0.1) is 5.92 Å². The van der Waals surface area contributed by atoms with Gasteiger partial charge in [0, 0.05) is 20.6 Å². The van der Waals surface area contributed by atoms with Crippen LogP contribution in [0.15, 0.2) is 21.7 Å². The van der Waals surface area contributed by atoms with Crippen LogP contribution < -0.4 is 21.9 Å². The summed E-state index contributed by atoms with van der Waals surface area (Å²) in [6.07, 6.45) is 2.20. The first-order valence-corrected chi connectivity index (χ1v) is 8.04. The third kappa shape index (κ3) is 4.25. The summed E-state index contributed by atoms with van der Waals surface area (Å²) < 4.78 is 2.30. The van der Waals surface area contributed by atoms with E-state index in [4.69, 9.17) is 0 Å². The molecule has 0 spiro atoms. The van der Waals surface area contributed by atoms with Crippen molar-refractivity contribution < 1.29 is 4.79 Å². The molecule has 144 valence electrons. The molecule has 1 aliphatic rings. The van der Waals surface area contributed by atoms with Gasteiger partial charge in [-0.25, -0.2) is 9.78 Å². The molecule has 2 N–H and O–H groups in total. The molecule has 1 fully saturated rings. The van der Waals surface area contributed by atoms with Crippen molar-refractivity contribution in [1.29, 1.82) is 0 Å². The lowest BCUT2D eigenvalue weighted by Gasteiger charge is -2.22. The number of nitrogens with one attached hydrogen (secondary N) is 2. The molecule has 1 atom stereocenters. The molecule has 3 rings (SSSR count). The maximum atomic E-state index is 12.3. The molecule has 0 bridgehead atoms. The standard InChI is InChI=1S/C16H21N5O3.2ClH/c1-20-13-11(15(23)21(2)16(20)24)5-6-12(19-13)14(22)18-9-10-4-3-7-17-8-10;;/h5-6,10,17H,3-4,7-9H2,1-2H3,(H,18,22);2*1H. The van der Waals surface area contributed by atoms with Gasteiger partial charge < -0.3 is 10.6 Å². The van der Waals surface area contributed by atoms with Gasteiger partial charge in [0.25, 0.3) is 11.5 Å². The minimum absolute atomic E-state index is 0. The third-order valence-electron chi connectivity index (χ3n) is 4.48. The second-order valence-corrected chi connectivity index (χ2v) is 6.20. The van der Waals surface area contributed by atoms with Crippen molar-refractivity contribution in [2.75, 3.05) is 19.6 Å². The highest BCUT2D eigenvalue weighted by Gasteiger charge is 2.17. The van der Waals surface area contributed by atoms with Gasteiger partial charge in [0.2, 0.25) is 0 Å². The molecule has 0 aliphatic carbocycles. The van der Waals surface area contributed by atoms with Crippen molar-refractivity contribution >= 4 is 41.8 Å². The normalized spacial score (nSPS) is 16.5. The SMILES string of the molecule is Cl.Cl.Cn1c(=O)c2ccc(C(=O)NCC3CCCNC3)nc2n(C)c1=O. The van der Waals surface area contributed by atoms with E-state index in [9.17, 15) is 14.4 Å². The minimum Gasteiger partial charge on any atom is -0.350 e. The third-order valence-corrected chi connectivity index (χ3v) is 4.48. The van der Waals surface area contributed by atoms with Crippen molar-refractivity contribution in [1.82, 2.24) is 24.8 Å². The van der Waals surface area contributed by atoms with Gasteiger partial charge in [-0.15, -0.1) is 24.8 Å². The Morgan fingerprint density at radius 3 is 2.65 bits per heavy atom. The highest BCUT2D eigenvalue weighted by atomic mass is 35.5. The molecule has 3 heterocycles. The number of halogens is 2. The number of amides is 1. The molecule has 0 saturated carbocycles. The molecule has 2 aromatic heterocycles. The summed E-state index contributed by atoms with van der Waals surface area (Å²) in [6, 6.07) is 3.06. The summed E-state index contributed by atoms with van der Waals surface area (Å²) in [5.74, 6) is 0.121. The summed E-state index contributed by atoms with van der Waals surface area (Å²) >= 11 is 0. The first-order valence-electron chi connectivity index (χ1n) is 8.04. The van der Waals surface area contributed by atoms with Gasteiger partial charge in [-0.1, -0.05) is 0 Å². The number of pyridine rings is 1. The average Bonchev–Trinajstić information content (AvgIpc) is 2.63. The Bertz CT molecular complexity index is 903. The first kappa shape index (κ1) is 22.1. The molecule has 1 amide bonds. The van der Waals surface area contributed by atoms with E-state index in [1.165, 1.54) is 24.7 Å². The maximum absolute atomic E-state index is 12.3. The van der Waals surface area contributed by atoms with Crippen LogP contribution in [-0.4, -0.2) is 39.7 Å². The van der Waals surface area contributed by atoms with Crippen LogP contribution in [0.5, 0.6) is 0 Å². The van der Waals surface area contributed by atoms with Crippen LogP contribution in [0.1, 0.15) is 23.3 Å². The Kier molecular flexibility index (Phi) is 7.80. The fourth-order valence-electron chi connectivity index (χ4n) is 3.01. The van der Waals surface area contributed by atoms with E-state index < -0.39 is 11.2 Å². The van der Waals surface area contributed by atoms with E-state index >= 15 is 0 Å². The number of carbonyl (C=O) groups excluding carboxylic acids is 1. The van der Waals surface area contributed by atoms with Gasteiger partial charge in [-0.05, 0) is 44.0 Å². The van der Waals surface area contributed by atoms with Gasteiger partial charge in [0.05, 0.1) is 5.39 Å². The van der Waals surface area contributed by atoms with Crippen molar-refractivity contribution in [3.63, 3.8) is 0 Å². The van der Waals surface area contributed by atoms with Crippen LogP contribution >= 0.6 is 24.8 Å². The van der Waals surface area contributed by atoms with Crippen molar-refractivity contribution in [3.05, 3.63) is 38.7 Å². The van der Waals surface area contributed by atoms with Crippen LogP contribution in [-0.2, 0) is 14.1 Å². The highest BCUT2D eigenvalue weighted by molar-refractivity contribution is 5.94. The van der Waals surface area contributed by atoms with E-state index in [1.807, 2.05) is 0 Å². The van der Waals surface area contributed by atoms with Crippen molar-refractivity contribution in [2.45, 2.75) is 12.8 Å². The van der Waals surface area contributed by atoms with Crippen molar-refractivity contribution in [3.8, 4) is 0 Å². The fraction of sp³-hybridized carbons (Fsp3) is 0.500. The van der Waals surface area contributed by atoms with Gasteiger partial charge in [-0.2, -0.15) is 0 Å². The number of aromatic nitrogens is 3. The first-order chi connectivity index (χ1) is 11.5. The molecular formula is C16H23Cl2N5O3. The average molecular weight is 404 g/mol. The zero-order valence-electron chi connectivity index (χ0n) is 14.7. The fourth-order valence-corrected chi connectivity index (χ4v) is 3.01. The number of nitrogens with zero attached hydrogens (tertiary/aromatic N) is 3. The molecule has 0 radical (unpaired) electrons. The lowest BCUT2D eigenvalue weighted by atomic mass is 10.00. The summed E-state index contributed by atoms with van der Waals surface area (Å²) in [5.41, 5.74) is -0.462. The van der Waals surface area contributed by atoms with Crippen LogP contribution in [0.4, 0.5) is 0 Å². The van der Waals surface area contributed by atoms with Gasteiger partial charge in [0.15, 0.2) is 0 Å². The smallest absolute Gasteiger partial charge is 0.332 e. The molecule has 10 heteroatoms. The highest BCUT2D eigenvalue weighted by Crippen LogP contribution is 2.09. The lowest BCUT2D eigenvalue weighted by Crippen LogP contribution is -2.39. The zero-order valence-corrected chi connectivity index (χ0v) is 16.3. The number of carbonyl (C=O) groups is 1. The monoisotopic (exact) mass is 403 g/mol. The Balaban J connectivity index is 0.00000169. The second kappa shape index (κ2) is 9.16. The number of hydrogen-bond acceptors (Lipinski definition) is 5. The topological polar surface area (TPSA) is 98.0 Å². The predicted octanol–water partition coefficient (Wildman–Crippen LogP) is 0.205. The van der Waals surface area contributed by atoms with Crippen LogP contribution in [0.3, 0.4) is 0 Å². The largest absolute Gasteiger partial charge is 0.350 e. The molecule has 26 heavy (non-hydrogen) atoms. The second-order valence-electron chi connectivity index (χ2n) is 6.20. The van der Waals surface area contributed by atoms with Gasteiger partial charge >= 0.3 is 5.69 Å². The molecule has 1 saturated heterocycles. The molecule has 1 unspecified atom stereocenters. The van der Waals surface area contributed by atoms with Crippen molar-refractivity contribution in [2.24, 2.45) is 20.0 Å². The Labute approximate surface area is 162 Å². The van der Waals surface area contributed by atoms with Gasteiger partial charge in [-0.3, -0.25) is 18.7 Å². The molecule has 0 aromatic carbocycles. The lowest BCUT2D eigenvalue weighted by molar-refractivity contribution is 0.0940. The molecule has 8 nitrogen and oxygen atoms in total. The Morgan fingerprint density at radius 2 is 2.00 bits per heavy atom. The predicted molar refractivity (Wildman–Crippen MR) is 105 cm³/mol. The number of aryl methyl sites for hydroxylation is 1. The number of piperidine rings is 1. The molecule has 2 aromatic rings. The number of fused-ring (bicyclic) bond motifs is 1. The Morgan fingerprint density at radius 1 is 1.27 bits per heavy atom. The quantitative estimate of drug-likeness (QED) is 0.762. The zero-order chi connectivity index (χ0) is 17.3. The minimum atomic E-state index is -0.467.